The quantitative estimate of drug-likeness (QED) is 0.601. The number of carbonyl (C=O) groups excluding carboxylic acids is 1. The highest BCUT2D eigenvalue weighted by atomic mass is 16.5. The zero-order valence-corrected chi connectivity index (χ0v) is 21.9. The summed E-state index contributed by atoms with van der Waals surface area (Å²) in [6.45, 7) is 11.4. The third kappa shape index (κ3) is 4.81. The number of nitrogens with one attached hydrogen (secondary N) is 1. The molecule has 3 aliphatic rings. The maximum Gasteiger partial charge on any atom is 0.243 e. The van der Waals surface area contributed by atoms with Crippen molar-refractivity contribution in [3.05, 3.63) is 40.2 Å². The van der Waals surface area contributed by atoms with Gasteiger partial charge in [-0.25, -0.2) is 0 Å². The smallest absolute Gasteiger partial charge is 0.243 e. The van der Waals surface area contributed by atoms with E-state index in [2.05, 4.69) is 42.9 Å². The average molecular weight is 478 g/mol. The van der Waals surface area contributed by atoms with Gasteiger partial charge in [0, 0.05) is 37.1 Å². The van der Waals surface area contributed by atoms with E-state index in [0.717, 1.165) is 84.5 Å². The van der Waals surface area contributed by atoms with Gasteiger partial charge in [0.15, 0.2) is 0 Å². The number of hydrogen-bond acceptors (Lipinski definition) is 5. The topological polar surface area (TPSA) is 73.8 Å². The van der Waals surface area contributed by atoms with Gasteiger partial charge in [-0.15, -0.1) is 0 Å². The van der Waals surface area contributed by atoms with Gasteiger partial charge in [-0.1, -0.05) is 13.3 Å². The van der Waals surface area contributed by atoms with Crippen LogP contribution in [0, 0.1) is 25.7 Å². The number of anilines is 1. The number of aliphatic imine (C=N–C) groups is 1. The van der Waals surface area contributed by atoms with Crippen LogP contribution >= 0.6 is 0 Å². The molecular weight excluding hydrogens is 438 g/mol. The normalized spacial score (nSPS) is 22.9. The van der Waals surface area contributed by atoms with Gasteiger partial charge < -0.3 is 9.64 Å². The molecule has 2 aliphatic carbocycles. The van der Waals surface area contributed by atoms with Crippen LogP contribution in [0.2, 0.25) is 0 Å². The Morgan fingerprint density at radius 1 is 1.26 bits per heavy atom. The van der Waals surface area contributed by atoms with E-state index in [4.69, 9.17) is 14.8 Å². The average Bonchev–Trinajstić information content (AvgIpc) is 3.52. The van der Waals surface area contributed by atoms with Crippen LogP contribution in [0.3, 0.4) is 0 Å². The van der Waals surface area contributed by atoms with Crippen LogP contribution < -0.4 is 4.90 Å². The summed E-state index contributed by atoms with van der Waals surface area (Å²) in [5.74, 6) is 1.79. The summed E-state index contributed by atoms with van der Waals surface area (Å²) in [7, 11) is 1.87. The molecule has 1 aromatic carbocycles. The Hall–Kier alpha value is -2.51. The molecule has 2 fully saturated rings. The first-order valence-electron chi connectivity index (χ1n) is 13.2. The molecule has 1 saturated carbocycles. The number of amides is 1. The van der Waals surface area contributed by atoms with E-state index in [1.807, 2.05) is 14.0 Å². The monoisotopic (exact) mass is 477 g/mol. The number of aryl methyl sites for hydroxylation is 1. The number of nitrogens with zero attached hydrogens (tertiary/aromatic N) is 4. The Bertz CT molecular complexity index is 1130. The van der Waals surface area contributed by atoms with Gasteiger partial charge in [0.25, 0.3) is 0 Å². The van der Waals surface area contributed by atoms with E-state index < -0.39 is 0 Å². The first kappa shape index (κ1) is 24.2. The second kappa shape index (κ2) is 9.86. The number of rotatable bonds is 7. The van der Waals surface area contributed by atoms with Crippen molar-refractivity contribution in [2.75, 3.05) is 38.3 Å². The third-order valence-electron chi connectivity index (χ3n) is 8.26. The predicted octanol–water partition coefficient (Wildman–Crippen LogP) is 4.37. The molecule has 3 unspecified atom stereocenters. The van der Waals surface area contributed by atoms with E-state index in [1.54, 1.807) is 4.90 Å². The van der Waals surface area contributed by atoms with Crippen LogP contribution in [0.5, 0.6) is 0 Å². The Balaban J connectivity index is 1.45. The number of benzene rings is 1. The van der Waals surface area contributed by atoms with Gasteiger partial charge in [0.05, 0.1) is 30.7 Å². The van der Waals surface area contributed by atoms with Crippen LogP contribution in [0.25, 0.3) is 0 Å². The van der Waals surface area contributed by atoms with Crippen LogP contribution in [-0.4, -0.2) is 66.1 Å². The number of aromatic nitrogens is 2. The standard InChI is InChI=1S/C28H39N5O2/c1-6-7-24(27-23-14-20-13-21(20)15-26(23)30-31-27)29-25-16-22(12-17(2)18(25)3)32(5)28(34)19(4)33-8-10-35-11-9-33/h12,16,19-21H,6-11,13-15H2,1-5H3,(H,30,31)/b29-24+. The Morgan fingerprint density at radius 2 is 2.00 bits per heavy atom. The molecule has 1 saturated heterocycles. The van der Waals surface area contributed by atoms with E-state index in [1.165, 1.54) is 17.7 Å². The molecule has 0 radical (unpaired) electrons. The van der Waals surface area contributed by atoms with E-state index >= 15 is 0 Å². The molecule has 5 rings (SSSR count). The number of ether oxygens (including phenoxy) is 1. The zero-order valence-electron chi connectivity index (χ0n) is 21.9. The lowest BCUT2D eigenvalue weighted by molar-refractivity contribution is -0.124. The van der Waals surface area contributed by atoms with Crippen LogP contribution in [0.15, 0.2) is 17.1 Å². The molecule has 2 heterocycles. The Morgan fingerprint density at radius 3 is 2.74 bits per heavy atom. The minimum atomic E-state index is -0.185. The lowest BCUT2D eigenvalue weighted by Gasteiger charge is -2.33. The van der Waals surface area contributed by atoms with Crippen molar-refractivity contribution in [3.8, 4) is 0 Å². The number of hydrogen-bond donors (Lipinski definition) is 1. The lowest BCUT2D eigenvalue weighted by atomic mass is 9.93. The summed E-state index contributed by atoms with van der Waals surface area (Å²) >= 11 is 0. The minimum Gasteiger partial charge on any atom is -0.379 e. The molecule has 1 amide bonds. The number of morpholine rings is 1. The second-order valence-electron chi connectivity index (χ2n) is 10.6. The van der Waals surface area contributed by atoms with Crippen molar-refractivity contribution in [1.82, 2.24) is 15.1 Å². The fourth-order valence-corrected chi connectivity index (χ4v) is 5.63. The van der Waals surface area contributed by atoms with Crippen LogP contribution in [-0.2, 0) is 22.4 Å². The second-order valence-corrected chi connectivity index (χ2v) is 10.6. The molecule has 1 N–H and O–H groups in total. The van der Waals surface area contributed by atoms with Gasteiger partial charge in [0.1, 0.15) is 5.69 Å². The van der Waals surface area contributed by atoms with Crippen molar-refractivity contribution in [1.29, 1.82) is 0 Å². The van der Waals surface area contributed by atoms with Gasteiger partial charge in [-0.2, -0.15) is 5.10 Å². The summed E-state index contributed by atoms with van der Waals surface area (Å²) in [5.41, 5.74) is 8.91. The molecule has 0 spiro atoms. The van der Waals surface area contributed by atoms with Gasteiger partial charge in [-0.05, 0) is 81.5 Å². The van der Waals surface area contributed by atoms with Gasteiger partial charge in [-0.3, -0.25) is 19.8 Å². The van der Waals surface area contributed by atoms with Crippen molar-refractivity contribution in [3.63, 3.8) is 0 Å². The summed E-state index contributed by atoms with van der Waals surface area (Å²) in [6, 6.07) is 3.98. The Labute approximate surface area is 208 Å². The molecule has 0 bridgehead atoms. The molecule has 2 aromatic rings. The molecule has 1 aromatic heterocycles. The largest absolute Gasteiger partial charge is 0.379 e. The van der Waals surface area contributed by atoms with Crippen molar-refractivity contribution >= 4 is 23.0 Å². The van der Waals surface area contributed by atoms with Gasteiger partial charge in [0.2, 0.25) is 5.91 Å². The maximum absolute atomic E-state index is 13.4. The number of H-pyrrole nitrogens is 1. The summed E-state index contributed by atoms with van der Waals surface area (Å²) < 4.78 is 5.46. The zero-order chi connectivity index (χ0) is 24.7. The number of likely N-dealkylation sites (N-methyl/N-ethyl adjacent to an activating group) is 1. The summed E-state index contributed by atoms with van der Waals surface area (Å²) in [6.07, 6.45) is 5.51. The SMILES string of the molecule is CCC/C(=N\c1cc(N(C)C(=O)C(C)N2CCOCC2)cc(C)c1C)c1n[nH]c2c1CC1CC1C2. The number of aromatic amines is 1. The van der Waals surface area contributed by atoms with E-state index in [9.17, 15) is 4.79 Å². The maximum atomic E-state index is 13.4. The molecule has 7 nitrogen and oxygen atoms in total. The highest BCUT2D eigenvalue weighted by Gasteiger charge is 2.43. The summed E-state index contributed by atoms with van der Waals surface area (Å²) in [5, 5.41) is 8.07. The minimum absolute atomic E-state index is 0.0965. The van der Waals surface area contributed by atoms with Crippen molar-refractivity contribution in [2.45, 2.75) is 65.8 Å². The number of fused-ring (bicyclic) bond motifs is 2. The molecule has 1 aliphatic heterocycles. The molecule has 3 atom stereocenters. The lowest BCUT2D eigenvalue weighted by Crippen LogP contribution is -2.50. The van der Waals surface area contributed by atoms with Crippen LogP contribution in [0.1, 0.15) is 61.2 Å². The fourth-order valence-electron chi connectivity index (χ4n) is 5.63. The van der Waals surface area contributed by atoms with Crippen molar-refractivity contribution < 1.29 is 9.53 Å². The van der Waals surface area contributed by atoms with Gasteiger partial charge >= 0.3 is 0 Å². The predicted molar refractivity (Wildman–Crippen MR) is 140 cm³/mol. The first-order chi connectivity index (χ1) is 16.9. The van der Waals surface area contributed by atoms with Crippen LogP contribution in [0.4, 0.5) is 11.4 Å². The van der Waals surface area contributed by atoms with Crippen molar-refractivity contribution in [2.24, 2.45) is 16.8 Å². The molecule has 7 heteroatoms. The highest BCUT2D eigenvalue weighted by Crippen LogP contribution is 2.48. The molecular formula is C28H39N5O2. The summed E-state index contributed by atoms with van der Waals surface area (Å²) in [4.78, 5) is 22.5. The fraction of sp³-hybridized carbons (Fsp3) is 0.607. The highest BCUT2D eigenvalue weighted by molar-refractivity contribution is 6.02. The number of carbonyl (C=O) groups is 1. The molecule has 188 valence electrons. The first-order valence-corrected chi connectivity index (χ1v) is 13.2. The third-order valence-corrected chi connectivity index (χ3v) is 8.26. The molecule has 35 heavy (non-hydrogen) atoms. The van der Waals surface area contributed by atoms with E-state index in [0.29, 0.717) is 13.2 Å². The van der Waals surface area contributed by atoms with E-state index in [-0.39, 0.29) is 11.9 Å². The Kier molecular flexibility index (Phi) is 6.82.